The Hall–Kier alpha value is -4.37. The summed E-state index contributed by atoms with van der Waals surface area (Å²) < 4.78 is 47.1. The van der Waals surface area contributed by atoms with Gasteiger partial charge in [-0.05, 0) is 66.8 Å². The largest absolute Gasteiger partial charge is 0.416 e. The second kappa shape index (κ2) is 10.6. The van der Waals surface area contributed by atoms with Crippen molar-refractivity contribution in [3.05, 3.63) is 113 Å². The molecule has 3 aromatic carbocycles. The lowest BCUT2D eigenvalue weighted by Gasteiger charge is -2.31. The highest BCUT2D eigenvalue weighted by Gasteiger charge is 2.37. The molecule has 3 heterocycles. The molecule has 0 aliphatic carbocycles. The minimum Gasteiger partial charge on any atom is -0.375 e. The molecule has 2 atom stereocenters. The maximum Gasteiger partial charge on any atom is 0.416 e. The van der Waals surface area contributed by atoms with Crippen molar-refractivity contribution in [3.8, 4) is 11.4 Å². The van der Waals surface area contributed by atoms with E-state index in [1.807, 2.05) is 62.4 Å². The molecule has 0 saturated heterocycles. The van der Waals surface area contributed by atoms with Gasteiger partial charge in [-0.1, -0.05) is 42.5 Å². The number of alkyl halides is 3. The first kappa shape index (κ1) is 26.8. The summed E-state index contributed by atoms with van der Waals surface area (Å²) in [6, 6.07) is 19.0. The van der Waals surface area contributed by atoms with E-state index in [9.17, 15) is 18.0 Å². The Morgan fingerprint density at radius 3 is 2.54 bits per heavy atom. The van der Waals surface area contributed by atoms with Crippen LogP contribution in [0.3, 0.4) is 0 Å². The maximum atomic E-state index is 13.7. The predicted molar refractivity (Wildman–Crippen MR) is 149 cm³/mol. The van der Waals surface area contributed by atoms with Gasteiger partial charge in [-0.25, -0.2) is 9.97 Å². The van der Waals surface area contributed by atoms with E-state index in [0.717, 1.165) is 39.9 Å². The zero-order chi connectivity index (χ0) is 28.7. The molecule has 9 heteroatoms. The summed E-state index contributed by atoms with van der Waals surface area (Å²) in [6.45, 7) is 4.74. The number of carbonyl (C=O) groups excluding carboxylic acids is 1. The van der Waals surface area contributed by atoms with Crippen molar-refractivity contribution < 1.29 is 22.7 Å². The van der Waals surface area contributed by atoms with Crippen LogP contribution in [0.25, 0.3) is 22.3 Å². The molecule has 0 bridgehead atoms. The van der Waals surface area contributed by atoms with Crippen LogP contribution in [0, 0.1) is 13.8 Å². The third-order valence-corrected chi connectivity index (χ3v) is 7.61. The summed E-state index contributed by atoms with van der Waals surface area (Å²) in [7, 11) is 0. The number of nitrogens with zero attached hydrogens (tertiary/aromatic N) is 4. The lowest BCUT2D eigenvalue weighted by Crippen LogP contribution is -2.32. The molecule has 5 aromatic rings. The lowest BCUT2D eigenvalue weighted by atomic mass is 9.81. The predicted octanol–water partition coefficient (Wildman–Crippen LogP) is 7.26. The second-order valence-electron chi connectivity index (χ2n) is 10.5. The third kappa shape index (κ3) is 5.25. The number of ether oxygens (including phenoxy) is 1. The van der Waals surface area contributed by atoms with E-state index in [1.54, 1.807) is 10.9 Å². The molecule has 1 aliphatic heterocycles. The van der Waals surface area contributed by atoms with E-state index in [0.29, 0.717) is 42.1 Å². The average molecular weight is 557 g/mol. The van der Waals surface area contributed by atoms with E-state index in [4.69, 9.17) is 4.74 Å². The van der Waals surface area contributed by atoms with Crippen molar-refractivity contribution in [2.45, 2.75) is 45.0 Å². The van der Waals surface area contributed by atoms with Gasteiger partial charge in [-0.15, -0.1) is 0 Å². The number of fused-ring (bicyclic) bond motifs is 2. The number of aromatic nitrogens is 4. The van der Waals surface area contributed by atoms with Crippen LogP contribution in [0.1, 0.15) is 56.7 Å². The minimum absolute atomic E-state index is 0.0255. The van der Waals surface area contributed by atoms with Crippen molar-refractivity contribution in [1.29, 1.82) is 0 Å². The van der Waals surface area contributed by atoms with Crippen LogP contribution in [0.2, 0.25) is 0 Å². The SMILES string of the molecule is Cc1cc(-c2ncc3cc(C(F)(F)F)ccc3n2)ccc1C1CC(COCc2ccccc2)n2ncc(C)c2C1=O. The molecule has 6 rings (SSSR count). The second-order valence-corrected chi connectivity index (χ2v) is 10.5. The molecular weight excluding hydrogens is 529 g/mol. The van der Waals surface area contributed by atoms with Crippen molar-refractivity contribution in [3.63, 3.8) is 0 Å². The number of aryl methyl sites for hydroxylation is 2. The Bertz CT molecular complexity index is 1750. The van der Waals surface area contributed by atoms with E-state index in [-0.39, 0.29) is 17.7 Å². The fourth-order valence-corrected chi connectivity index (χ4v) is 5.52. The van der Waals surface area contributed by atoms with Gasteiger partial charge in [0.25, 0.3) is 0 Å². The molecule has 0 amide bonds. The molecule has 6 nitrogen and oxygen atoms in total. The quantitative estimate of drug-likeness (QED) is 0.220. The Morgan fingerprint density at radius 2 is 1.78 bits per heavy atom. The van der Waals surface area contributed by atoms with Gasteiger partial charge >= 0.3 is 6.18 Å². The van der Waals surface area contributed by atoms with Gasteiger partial charge in [-0.3, -0.25) is 9.48 Å². The van der Waals surface area contributed by atoms with E-state index < -0.39 is 11.7 Å². The summed E-state index contributed by atoms with van der Waals surface area (Å²) >= 11 is 0. The van der Waals surface area contributed by atoms with E-state index >= 15 is 0 Å². The Kier molecular flexibility index (Phi) is 6.91. The van der Waals surface area contributed by atoms with Crippen molar-refractivity contribution in [2.75, 3.05) is 6.61 Å². The van der Waals surface area contributed by atoms with Crippen LogP contribution in [0.4, 0.5) is 13.2 Å². The van der Waals surface area contributed by atoms with E-state index in [1.165, 1.54) is 12.3 Å². The van der Waals surface area contributed by atoms with Gasteiger partial charge < -0.3 is 4.74 Å². The molecule has 0 radical (unpaired) electrons. The standard InChI is InChI=1S/C32H27F3N4O2/c1-19-12-22(31-36-16-23-13-24(32(33,34)35)9-11-28(23)38-31)8-10-26(19)27-14-25(18-41-17-21-6-4-3-5-7-21)39-29(30(27)40)20(2)15-37-39/h3-13,15-16,25,27H,14,17-18H2,1-2H3. The van der Waals surface area contributed by atoms with Crippen LogP contribution >= 0.6 is 0 Å². The zero-order valence-corrected chi connectivity index (χ0v) is 22.5. The van der Waals surface area contributed by atoms with Gasteiger partial charge in [0.15, 0.2) is 11.6 Å². The van der Waals surface area contributed by atoms with Crippen LogP contribution in [-0.4, -0.2) is 32.1 Å². The first-order chi connectivity index (χ1) is 19.7. The van der Waals surface area contributed by atoms with Crippen molar-refractivity contribution >= 4 is 16.7 Å². The number of hydrogen-bond donors (Lipinski definition) is 0. The fraction of sp³-hybridized carbons (Fsp3) is 0.250. The van der Waals surface area contributed by atoms with E-state index in [2.05, 4.69) is 15.1 Å². The van der Waals surface area contributed by atoms with Crippen molar-refractivity contribution in [2.24, 2.45) is 0 Å². The van der Waals surface area contributed by atoms with Gasteiger partial charge in [0.05, 0.1) is 42.5 Å². The summed E-state index contributed by atoms with van der Waals surface area (Å²) in [5.41, 5.74) is 4.75. The smallest absolute Gasteiger partial charge is 0.375 e. The summed E-state index contributed by atoms with van der Waals surface area (Å²) in [4.78, 5) is 22.5. The van der Waals surface area contributed by atoms with Crippen LogP contribution in [0.15, 0.2) is 79.1 Å². The topological polar surface area (TPSA) is 69.9 Å². The highest BCUT2D eigenvalue weighted by atomic mass is 19.4. The zero-order valence-electron chi connectivity index (χ0n) is 22.5. The molecule has 0 N–H and O–H groups in total. The summed E-state index contributed by atoms with van der Waals surface area (Å²) in [6.07, 6.45) is -0.745. The molecule has 41 heavy (non-hydrogen) atoms. The Labute approximate surface area is 234 Å². The molecule has 0 saturated carbocycles. The van der Waals surface area contributed by atoms with Gasteiger partial charge in [0.1, 0.15) is 5.69 Å². The average Bonchev–Trinajstić information content (AvgIpc) is 3.36. The molecule has 2 aromatic heterocycles. The molecule has 0 spiro atoms. The summed E-state index contributed by atoms with van der Waals surface area (Å²) in [5, 5.41) is 4.82. The van der Waals surface area contributed by atoms with Gasteiger partial charge in [0.2, 0.25) is 0 Å². The van der Waals surface area contributed by atoms with Gasteiger partial charge in [0, 0.05) is 17.1 Å². The highest BCUT2D eigenvalue weighted by Crippen LogP contribution is 2.39. The number of hydrogen-bond acceptors (Lipinski definition) is 5. The number of halogens is 3. The third-order valence-electron chi connectivity index (χ3n) is 7.61. The van der Waals surface area contributed by atoms with Crippen molar-refractivity contribution in [1.82, 2.24) is 19.7 Å². The van der Waals surface area contributed by atoms with Gasteiger partial charge in [-0.2, -0.15) is 18.3 Å². The highest BCUT2D eigenvalue weighted by molar-refractivity contribution is 6.01. The Morgan fingerprint density at radius 1 is 0.976 bits per heavy atom. The number of ketones is 1. The van der Waals surface area contributed by atoms with Crippen LogP contribution in [0.5, 0.6) is 0 Å². The number of benzene rings is 3. The summed E-state index contributed by atoms with van der Waals surface area (Å²) in [5.74, 6) is 0.0659. The monoisotopic (exact) mass is 556 g/mol. The molecular formula is C32H27F3N4O2. The molecule has 0 fully saturated rings. The molecule has 2 unspecified atom stereocenters. The number of Topliss-reactive ketones (excluding diaryl/α,β-unsaturated/α-hetero) is 1. The number of rotatable bonds is 6. The minimum atomic E-state index is -4.43. The molecule has 208 valence electrons. The normalized spacial score (nSPS) is 17.1. The first-order valence-corrected chi connectivity index (χ1v) is 13.3. The first-order valence-electron chi connectivity index (χ1n) is 13.3. The number of carbonyl (C=O) groups is 1. The van der Waals surface area contributed by atoms with Crippen LogP contribution in [-0.2, 0) is 17.5 Å². The fourth-order valence-electron chi connectivity index (χ4n) is 5.52. The molecule has 1 aliphatic rings. The maximum absolute atomic E-state index is 13.7. The lowest BCUT2D eigenvalue weighted by molar-refractivity contribution is -0.137. The van der Waals surface area contributed by atoms with Crippen LogP contribution < -0.4 is 0 Å². The Balaban J connectivity index is 1.26.